The number of hydrogen-bond acceptors (Lipinski definition) is 5. The number of Topliss-reactive ketones (excluding diaryl/α,β-unsaturated/α-hetero) is 1. The quantitative estimate of drug-likeness (QED) is 0.574. The van der Waals surface area contributed by atoms with Crippen molar-refractivity contribution in [2.45, 2.75) is 53.1 Å². The van der Waals surface area contributed by atoms with Crippen molar-refractivity contribution in [2.75, 3.05) is 7.11 Å². The molecule has 0 amide bonds. The molecule has 0 spiro atoms. The van der Waals surface area contributed by atoms with Crippen molar-refractivity contribution in [1.29, 1.82) is 0 Å². The lowest BCUT2D eigenvalue weighted by Gasteiger charge is -2.31. The molecule has 1 atom stereocenters. The Morgan fingerprint density at radius 1 is 1.35 bits per heavy atom. The average Bonchev–Trinajstić information content (AvgIpc) is 2.60. The number of hydrogen-bond donors (Lipinski definition) is 0. The number of carbonyl (C=O) groups is 3. The Hall–Kier alpha value is -2.43. The lowest BCUT2D eigenvalue weighted by molar-refractivity contribution is -0.137. The standard InChI is InChI=1S/C21H26O5/c1-13(11-18(22)25-5)9-10-21(3,4)19(23)17-12-16-14(2)7-6-8-15(16)20(24)26-17/h6-8,11,17H,9-10,12H2,1-5H3. The summed E-state index contributed by atoms with van der Waals surface area (Å²) in [6.07, 6.45) is 2.22. The largest absolute Gasteiger partial charge is 0.466 e. The summed E-state index contributed by atoms with van der Waals surface area (Å²) >= 11 is 0. The van der Waals surface area contributed by atoms with Crippen molar-refractivity contribution < 1.29 is 23.9 Å². The van der Waals surface area contributed by atoms with Crippen LogP contribution in [0, 0.1) is 12.3 Å². The molecule has 1 aromatic rings. The van der Waals surface area contributed by atoms with Crippen LogP contribution < -0.4 is 0 Å². The molecule has 1 unspecified atom stereocenters. The molecule has 0 radical (unpaired) electrons. The molecule has 1 aliphatic rings. The van der Waals surface area contributed by atoms with Gasteiger partial charge in [0.05, 0.1) is 12.7 Å². The number of ether oxygens (including phenoxy) is 2. The van der Waals surface area contributed by atoms with Gasteiger partial charge in [-0.2, -0.15) is 0 Å². The summed E-state index contributed by atoms with van der Waals surface area (Å²) in [5.41, 5.74) is 2.60. The van der Waals surface area contributed by atoms with E-state index in [1.54, 1.807) is 6.07 Å². The zero-order valence-corrected chi connectivity index (χ0v) is 16.0. The van der Waals surface area contributed by atoms with Crippen LogP contribution in [0.1, 0.15) is 55.1 Å². The van der Waals surface area contributed by atoms with Crippen LogP contribution in [-0.2, 0) is 25.5 Å². The van der Waals surface area contributed by atoms with E-state index in [1.165, 1.54) is 13.2 Å². The maximum atomic E-state index is 13.0. The molecule has 0 fully saturated rings. The van der Waals surface area contributed by atoms with E-state index in [1.807, 2.05) is 39.8 Å². The third-order valence-electron chi connectivity index (χ3n) is 4.94. The first-order valence-corrected chi connectivity index (χ1v) is 8.74. The van der Waals surface area contributed by atoms with Crippen LogP contribution in [-0.4, -0.2) is 30.9 Å². The van der Waals surface area contributed by atoms with Crippen LogP contribution >= 0.6 is 0 Å². The second kappa shape index (κ2) is 7.85. The molecule has 0 aromatic heterocycles. The minimum atomic E-state index is -0.768. The van der Waals surface area contributed by atoms with Crippen LogP contribution in [0.2, 0.25) is 0 Å². The van der Waals surface area contributed by atoms with E-state index in [9.17, 15) is 14.4 Å². The minimum absolute atomic E-state index is 0.0920. The topological polar surface area (TPSA) is 69.7 Å². The van der Waals surface area contributed by atoms with Crippen molar-refractivity contribution in [3.8, 4) is 0 Å². The second-order valence-corrected chi connectivity index (χ2v) is 7.46. The third-order valence-corrected chi connectivity index (χ3v) is 4.94. The van der Waals surface area contributed by atoms with E-state index < -0.39 is 23.5 Å². The number of esters is 2. The van der Waals surface area contributed by atoms with E-state index >= 15 is 0 Å². The van der Waals surface area contributed by atoms with Crippen molar-refractivity contribution in [3.63, 3.8) is 0 Å². The summed E-state index contributed by atoms with van der Waals surface area (Å²) in [4.78, 5) is 36.5. The number of fused-ring (bicyclic) bond motifs is 1. The number of methoxy groups -OCH3 is 1. The SMILES string of the molecule is COC(=O)C=C(C)CCC(C)(C)C(=O)C1Cc2c(C)cccc2C(=O)O1. The van der Waals surface area contributed by atoms with E-state index in [0.717, 1.165) is 16.7 Å². The van der Waals surface area contributed by atoms with E-state index in [4.69, 9.17) is 4.74 Å². The first kappa shape index (κ1) is 19.9. The molecule has 140 valence electrons. The predicted octanol–water partition coefficient (Wildman–Crippen LogP) is 3.57. The lowest BCUT2D eigenvalue weighted by atomic mass is 9.78. The van der Waals surface area contributed by atoms with E-state index in [-0.39, 0.29) is 5.78 Å². The van der Waals surface area contributed by atoms with Crippen LogP contribution in [0.3, 0.4) is 0 Å². The zero-order chi connectivity index (χ0) is 19.5. The summed E-state index contributed by atoms with van der Waals surface area (Å²) in [5.74, 6) is -0.934. The number of carbonyl (C=O) groups excluding carboxylic acids is 3. The molecule has 5 nitrogen and oxygen atoms in total. The number of rotatable bonds is 6. The highest BCUT2D eigenvalue weighted by atomic mass is 16.5. The van der Waals surface area contributed by atoms with Crippen LogP contribution in [0.4, 0.5) is 0 Å². The van der Waals surface area contributed by atoms with Gasteiger partial charge >= 0.3 is 11.9 Å². The number of cyclic esters (lactones) is 1. The molecule has 5 heteroatoms. The number of aryl methyl sites for hydroxylation is 1. The monoisotopic (exact) mass is 358 g/mol. The summed E-state index contributed by atoms with van der Waals surface area (Å²) < 4.78 is 10.0. The highest BCUT2D eigenvalue weighted by Crippen LogP contribution is 2.32. The maximum absolute atomic E-state index is 13.0. The maximum Gasteiger partial charge on any atom is 0.339 e. The zero-order valence-electron chi connectivity index (χ0n) is 16.0. The first-order chi connectivity index (χ1) is 12.2. The van der Waals surface area contributed by atoms with Crippen molar-refractivity contribution >= 4 is 17.7 Å². The fourth-order valence-corrected chi connectivity index (χ4v) is 3.13. The summed E-state index contributed by atoms with van der Waals surface area (Å²) in [6, 6.07) is 5.49. The molecule has 1 heterocycles. The molecule has 26 heavy (non-hydrogen) atoms. The molecule has 0 N–H and O–H groups in total. The van der Waals surface area contributed by atoms with Crippen LogP contribution in [0.15, 0.2) is 29.8 Å². The Kier molecular flexibility index (Phi) is 6.01. The molecule has 0 saturated carbocycles. The lowest BCUT2D eigenvalue weighted by Crippen LogP contribution is -2.42. The van der Waals surface area contributed by atoms with Gasteiger partial charge in [0.1, 0.15) is 0 Å². The molecule has 1 aromatic carbocycles. The number of allylic oxidation sites excluding steroid dienone is 1. The fraction of sp³-hybridized carbons (Fsp3) is 0.476. The normalized spacial score (nSPS) is 17.3. The van der Waals surface area contributed by atoms with Gasteiger partial charge in [-0.25, -0.2) is 9.59 Å². The highest BCUT2D eigenvalue weighted by Gasteiger charge is 2.39. The Bertz CT molecular complexity index is 758. The van der Waals surface area contributed by atoms with Crippen molar-refractivity contribution in [2.24, 2.45) is 5.41 Å². The van der Waals surface area contributed by atoms with Gasteiger partial charge in [0.15, 0.2) is 11.9 Å². The molecule has 0 bridgehead atoms. The molecule has 0 aliphatic carbocycles. The Morgan fingerprint density at radius 2 is 2.04 bits per heavy atom. The van der Waals surface area contributed by atoms with Crippen LogP contribution in [0.5, 0.6) is 0 Å². The average molecular weight is 358 g/mol. The Morgan fingerprint density at radius 3 is 2.69 bits per heavy atom. The van der Waals surface area contributed by atoms with Crippen molar-refractivity contribution in [1.82, 2.24) is 0 Å². The van der Waals surface area contributed by atoms with Gasteiger partial charge in [-0.15, -0.1) is 0 Å². The highest BCUT2D eigenvalue weighted by molar-refractivity contribution is 5.98. The van der Waals surface area contributed by atoms with E-state index in [2.05, 4.69) is 4.74 Å². The minimum Gasteiger partial charge on any atom is -0.466 e. The predicted molar refractivity (Wildman–Crippen MR) is 97.9 cm³/mol. The molecule has 1 aliphatic heterocycles. The molecular formula is C21H26O5. The summed E-state index contributed by atoms with van der Waals surface area (Å²) in [7, 11) is 1.33. The molecule has 2 rings (SSSR count). The number of ketones is 1. The first-order valence-electron chi connectivity index (χ1n) is 8.74. The van der Waals surface area contributed by atoms with Gasteiger partial charge in [0.2, 0.25) is 0 Å². The van der Waals surface area contributed by atoms with Gasteiger partial charge in [0, 0.05) is 17.9 Å². The van der Waals surface area contributed by atoms with Gasteiger partial charge in [-0.05, 0) is 43.9 Å². The fourth-order valence-electron chi connectivity index (χ4n) is 3.13. The van der Waals surface area contributed by atoms with Gasteiger partial charge in [-0.3, -0.25) is 4.79 Å². The van der Waals surface area contributed by atoms with Gasteiger partial charge in [0.25, 0.3) is 0 Å². The van der Waals surface area contributed by atoms with Crippen molar-refractivity contribution in [3.05, 3.63) is 46.5 Å². The van der Waals surface area contributed by atoms with E-state index in [0.29, 0.717) is 24.8 Å². The van der Waals surface area contributed by atoms with Gasteiger partial charge < -0.3 is 9.47 Å². The second-order valence-electron chi connectivity index (χ2n) is 7.46. The Balaban J connectivity index is 2.10. The molecule has 0 saturated heterocycles. The number of benzene rings is 1. The smallest absolute Gasteiger partial charge is 0.339 e. The molecular weight excluding hydrogens is 332 g/mol. The van der Waals surface area contributed by atoms with Crippen LogP contribution in [0.25, 0.3) is 0 Å². The summed E-state index contributed by atoms with van der Waals surface area (Å²) in [5, 5.41) is 0. The van der Waals surface area contributed by atoms with Gasteiger partial charge in [-0.1, -0.05) is 31.6 Å². The Labute approximate surface area is 154 Å². The summed E-state index contributed by atoms with van der Waals surface area (Å²) in [6.45, 7) is 7.46. The third kappa shape index (κ3) is 4.40.